The van der Waals surface area contributed by atoms with Crippen molar-refractivity contribution in [3.8, 4) is 0 Å². The number of hydrogen-bond acceptors (Lipinski definition) is 4. The van der Waals surface area contributed by atoms with E-state index in [4.69, 9.17) is 0 Å². The lowest BCUT2D eigenvalue weighted by Crippen LogP contribution is -2.31. The van der Waals surface area contributed by atoms with Crippen molar-refractivity contribution in [2.75, 3.05) is 13.6 Å². The average Bonchev–Trinajstić information content (AvgIpc) is 2.93. The molecule has 102 valence electrons. The maximum absolute atomic E-state index is 12.3. The molecule has 0 saturated carbocycles. The lowest BCUT2D eigenvalue weighted by molar-refractivity contribution is 0.158. The van der Waals surface area contributed by atoms with Gasteiger partial charge in [-0.15, -0.1) is 11.3 Å². The van der Waals surface area contributed by atoms with E-state index in [1.54, 1.807) is 36.4 Å². The first-order valence-corrected chi connectivity index (χ1v) is 8.06. The van der Waals surface area contributed by atoms with Crippen molar-refractivity contribution in [3.63, 3.8) is 0 Å². The van der Waals surface area contributed by atoms with E-state index in [-0.39, 0.29) is 11.4 Å². The van der Waals surface area contributed by atoms with Gasteiger partial charge in [0, 0.05) is 18.5 Å². The van der Waals surface area contributed by atoms with Crippen LogP contribution in [-0.2, 0) is 10.0 Å². The summed E-state index contributed by atoms with van der Waals surface area (Å²) in [5, 5.41) is 11.8. The number of nitrogens with zero attached hydrogens (tertiary/aromatic N) is 1. The number of rotatable bonds is 5. The van der Waals surface area contributed by atoms with Crippen molar-refractivity contribution in [1.82, 2.24) is 4.31 Å². The van der Waals surface area contributed by atoms with Gasteiger partial charge in [0.05, 0.1) is 4.90 Å². The van der Waals surface area contributed by atoms with E-state index in [1.807, 2.05) is 11.4 Å². The van der Waals surface area contributed by atoms with Crippen LogP contribution in [0.1, 0.15) is 11.0 Å². The molecule has 1 N–H and O–H groups in total. The number of hydrogen-bond donors (Lipinski definition) is 1. The summed E-state index contributed by atoms with van der Waals surface area (Å²) < 4.78 is 25.7. The summed E-state index contributed by atoms with van der Waals surface area (Å²) in [6.07, 6.45) is -0.802. The Labute approximate surface area is 117 Å². The molecule has 2 rings (SSSR count). The first-order chi connectivity index (χ1) is 9.01. The van der Waals surface area contributed by atoms with Gasteiger partial charge in [0.15, 0.2) is 0 Å². The summed E-state index contributed by atoms with van der Waals surface area (Å²) >= 11 is 1.41. The Morgan fingerprint density at radius 1 is 1.21 bits per heavy atom. The van der Waals surface area contributed by atoms with Crippen LogP contribution in [0.2, 0.25) is 0 Å². The molecule has 0 spiro atoms. The molecule has 4 nitrogen and oxygen atoms in total. The van der Waals surface area contributed by atoms with Crippen LogP contribution in [0.3, 0.4) is 0 Å². The standard InChI is InChI=1S/C13H15NO3S2/c1-14(10-12(15)13-8-5-9-18-13)19(16,17)11-6-3-2-4-7-11/h2-9,12,15H,10H2,1H3. The second kappa shape index (κ2) is 5.83. The zero-order valence-corrected chi connectivity index (χ0v) is 12.1. The van der Waals surface area contributed by atoms with Gasteiger partial charge < -0.3 is 5.11 Å². The third-order valence-corrected chi connectivity index (χ3v) is 5.56. The zero-order valence-electron chi connectivity index (χ0n) is 10.4. The fourth-order valence-corrected chi connectivity index (χ4v) is 3.59. The fourth-order valence-electron chi connectivity index (χ4n) is 1.68. The highest BCUT2D eigenvalue weighted by Crippen LogP contribution is 2.22. The SMILES string of the molecule is CN(CC(O)c1cccs1)S(=O)(=O)c1ccccc1. The normalized spacial score (nSPS) is 13.6. The molecule has 0 fully saturated rings. The Hall–Kier alpha value is -1.21. The first-order valence-electron chi connectivity index (χ1n) is 5.74. The summed E-state index contributed by atoms with van der Waals surface area (Å²) in [7, 11) is -2.08. The smallest absolute Gasteiger partial charge is 0.242 e. The second-order valence-electron chi connectivity index (χ2n) is 4.13. The van der Waals surface area contributed by atoms with Gasteiger partial charge in [-0.05, 0) is 23.6 Å². The minimum absolute atomic E-state index is 0.0394. The molecular formula is C13H15NO3S2. The molecule has 0 aliphatic carbocycles. The van der Waals surface area contributed by atoms with Crippen LogP contribution in [0, 0.1) is 0 Å². The largest absolute Gasteiger partial charge is 0.386 e. The lowest BCUT2D eigenvalue weighted by atomic mass is 10.3. The van der Waals surface area contributed by atoms with Crippen molar-refractivity contribution in [1.29, 1.82) is 0 Å². The molecule has 0 saturated heterocycles. The molecule has 0 bridgehead atoms. The van der Waals surface area contributed by atoms with Crippen molar-refractivity contribution < 1.29 is 13.5 Å². The van der Waals surface area contributed by atoms with E-state index in [1.165, 1.54) is 22.7 Å². The summed E-state index contributed by atoms with van der Waals surface area (Å²) in [5.41, 5.74) is 0. The molecule has 1 atom stereocenters. The second-order valence-corrected chi connectivity index (χ2v) is 7.15. The Balaban J connectivity index is 2.14. The quantitative estimate of drug-likeness (QED) is 0.919. The predicted molar refractivity (Wildman–Crippen MR) is 75.5 cm³/mol. The summed E-state index contributed by atoms with van der Waals surface area (Å²) in [5.74, 6) is 0. The highest BCUT2D eigenvalue weighted by atomic mass is 32.2. The fraction of sp³-hybridized carbons (Fsp3) is 0.231. The minimum Gasteiger partial charge on any atom is -0.386 e. The Bertz CT molecular complexity index is 609. The maximum Gasteiger partial charge on any atom is 0.242 e. The van der Waals surface area contributed by atoms with Crippen molar-refractivity contribution in [2.45, 2.75) is 11.0 Å². The predicted octanol–water partition coefficient (Wildman–Crippen LogP) is 2.10. The third kappa shape index (κ3) is 3.22. The molecule has 1 heterocycles. The molecule has 1 unspecified atom stereocenters. The number of sulfonamides is 1. The van der Waals surface area contributed by atoms with E-state index in [9.17, 15) is 13.5 Å². The van der Waals surface area contributed by atoms with Gasteiger partial charge >= 0.3 is 0 Å². The molecule has 0 radical (unpaired) electrons. The van der Waals surface area contributed by atoms with Crippen molar-refractivity contribution in [2.24, 2.45) is 0 Å². The topological polar surface area (TPSA) is 57.6 Å². The molecule has 0 amide bonds. The van der Waals surface area contributed by atoms with Crippen LogP contribution in [-0.4, -0.2) is 31.4 Å². The number of likely N-dealkylation sites (N-methyl/N-ethyl adjacent to an activating group) is 1. The van der Waals surface area contributed by atoms with Crippen LogP contribution in [0.25, 0.3) is 0 Å². The number of thiophene rings is 1. The maximum atomic E-state index is 12.3. The third-order valence-electron chi connectivity index (χ3n) is 2.75. The van der Waals surface area contributed by atoms with Crippen molar-refractivity contribution >= 4 is 21.4 Å². The van der Waals surface area contributed by atoms with Gasteiger partial charge in [0.1, 0.15) is 6.10 Å². The van der Waals surface area contributed by atoms with Gasteiger partial charge in [-0.2, -0.15) is 4.31 Å². The van der Waals surface area contributed by atoms with Gasteiger partial charge in [-0.25, -0.2) is 8.42 Å². The monoisotopic (exact) mass is 297 g/mol. The van der Waals surface area contributed by atoms with Crippen LogP contribution < -0.4 is 0 Å². The molecular weight excluding hydrogens is 282 g/mol. The minimum atomic E-state index is -3.55. The molecule has 0 aliphatic heterocycles. The molecule has 2 aromatic rings. The molecule has 6 heteroatoms. The highest BCUT2D eigenvalue weighted by molar-refractivity contribution is 7.89. The summed E-state index contributed by atoms with van der Waals surface area (Å²) in [4.78, 5) is 0.992. The van der Waals surface area contributed by atoms with Gasteiger partial charge in [-0.3, -0.25) is 0 Å². The number of benzene rings is 1. The van der Waals surface area contributed by atoms with Crippen LogP contribution in [0.15, 0.2) is 52.7 Å². The zero-order chi connectivity index (χ0) is 13.9. The van der Waals surface area contributed by atoms with E-state index >= 15 is 0 Å². The van der Waals surface area contributed by atoms with Crippen LogP contribution >= 0.6 is 11.3 Å². The van der Waals surface area contributed by atoms with Crippen LogP contribution in [0.4, 0.5) is 0 Å². The Morgan fingerprint density at radius 2 is 1.89 bits per heavy atom. The van der Waals surface area contributed by atoms with E-state index in [0.29, 0.717) is 0 Å². The highest BCUT2D eigenvalue weighted by Gasteiger charge is 2.23. The van der Waals surface area contributed by atoms with E-state index in [0.717, 1.165) is 4.88 Å². The average molecular weight is 297 g/mol. The molecule has 0 aliphatic rings. The molecule has 1 aromatic heterocycles. The molecule has 19 heavy (non-hydrogen) atoms. The van der Waals surface area contributed by atoms with Gasteiger partial charge in [0.25, 0.3) is 0 Å². The summed E-state index contributed by atoms with van der Waals surface area (Å²) in [6.45, 7) is 0.0394. The lowest BCUT2D eigenvalue weighted by Gasteiger charge is -2.20. The van der Waals surface area contributed by atoms with Gasteiger partial charge in [0.2, 0.25) is 10.0 Å². The Morgan fingerprint density at radius 3 is 2.47 bits per heavy atom. The number of aliphatic hydroxyl groups excluding tert-OH is 1. The summed E-state index contributed by atoms with van der Waals surface area (Å²) in [6, 6.07) is 11.8. The van der Waals surface area contributed by atoms with Crippen LogP contribution in [0.5, 0.6) is 0 Å². The van der Waals surface area contributed by atoms with E-state index in [2.05, 4.69) is 0 Å². The van der Waals surface area contributed by atoms with E-state index < -0.39 is 16.1 Å². The molecule has 1 aromatic carbocycles. The van der Waals surface area contributed by atoms with Crippen molar-refractivity contribution in [3.05, 3.63) is 52.7 Å². The first kappa shape index (κ1) is 14.2. The van der Waals surface area contributed by atoms with Gasteiger partial charge in [-0.1, -0.05) is 24.3 Å². The Kier molecular flexibility index (Phi) is 4.36. The number of aliphatic hydroxyl groups is 1.